The van der Waals surface area contributed by atoms with Crippen LogP contribution in [0.2, 0.25) is 0 Å². The minimum atomic E-state index is -3.33. The van der Waals surface area contributed by atoms with E-state index in [1.165, 1.54) is 19.1 Å². The molecule has 4 nitrogen and oxygen atoms in total. The zero-order chi connectivity index (χ0) is 12.2. The van der Waals surface area contributed by atoms with E-state index in [9.17, 15) is 12.8 Å². The molecule has 86 valence electrons. The summed E-state index contributed by atoms with van der Waals surface area (Å²) in [6, 6.07) is 5.72. The number of nitriles is 1. The minimum Gasteiger partial charge on any atom is -0.212 e. The van der Waals surface area contributed by atoms with Crippen molar-refractivity contribution in [3.8, 4) is 6.07 Å². The Morgan fingerprint density at radius 1 is 1.50 bits per heavy atom. The van der Waals surface area contributed by atoms with Crippen LogP contribution < -0.4 is 4.72 Å². The Morgan fingerprint density at radius 3 is 2.69 bits per heavy atom. The monoisotopic (exact) mass is 242 g/mol. The molecule has 0 aliphatic heterocycles. The molecule has 6 heteroatoms. The van der Waals surface area contributed by atoms with Gasteiger partial charge in [-0.05, 0) is 19.1 Å². The SMILES string of the molecule is CCS(=O)(=O)NCc1ccc(C#N)cc1F. The molecule has 0 atom stereocenters. The number of benzene rings is 1. The molecule has 0 aliphatic carbocycles. The predicted molar refractivity (Wildman–Crippen MR) is 57.4 cm³/mol. The van der Waals surface area contributed by atoms with Crippen molar-refractivity contribution in [3.05, 3.63) is 35.1 Å². The van der Waals surface area contributed by atoms with Gasteiger partial charge in [-0.3, -0.25) is 0 Å². The standard InChI is InChI=1S/C10H11FN2O2S/c1-2-16(14,15)13-7-9-4-3-8(6-12)5-10(9)11/h3-5,13H,2,7H2,1H3. The number of rotatable bonds is 4. The number of sulfonamides is 1. The van der Waals surface area contributed by atoms with Gasteiger partial charge < -0.3 is 0 Å². The first kappa shape index (κ1) is 12.6. The van der Waals surface area contributed by atoms with Crippen LogP contribution in [-0.2, 0) is 16.6 Å². The van der Waals surface area contributed by atoms with Crippen LogP contribution in [0.25, 0.3) is 0 Å². The maximum absolute atomic E-state index is 13.3. The summed E-state index contributed by atoms with van der Waals surface area (Å²) in [5, 5.41) is 8.52. The molecule has 1 aromatic carbocycles. The van der Waals surface area contributed by atoms with E-state index in [0.29, 0.717) is 0 Å². The van der Waals surface area contributed by atoms with Crippen LogP contribution in [0.3, 0.4) is 0 Å². The van der Waals surface area contributed by atoms with Crippen molar-refractivity contribution in [3.63, 3.8) is 0 Å². The van der Waals surface area contributed by atoms with E-state index in [2.05, 4.69) is 4.72 Å². The fraction of sp³-hybridized carbons (Fsp3) is 0.300. The molecular formula is C10H11FN2O2S. The van der Waals surface area contributed by atoms with E-state index in [4.69, 9.17) is 5.26 Å². The number of nitrogens with zero attached hydrogens (tertiary/aromatic N) is 1. The van der Waals surface area contributed by atoms with Gasteiger partial charge in [0.1, 0.15) is 5.82 Å². The highest BCUT2D eigenvalue weighted by Crippen LogP contribution is 2.09. The molecular weight excluding hydrogens is 231 g/mol. The van der Waals surface area contributed by atoms with Gasteiger partial charge in [0, 0.05) is 12.1 Å². The van der Waals surface area contributed by atoms with Crippen LogP contribution in [0.15, 0.2) is 18.2 Å². The third-order valence-electron chi connectivity index (χ3n) is 2.04. The topological polar surface area (TPSA) is 70.0 Å². The number of hydrogen-bond donors (Lipinski definition) is 1. The summed E-state index contributed by atoms with van der Waals surface area (Å²) in [6.45, 7) is 1.39. The summed E-state index contributed by atoms with van der Waals surface area (Å²) in [5.41, 5.74) is 0.427. The van der Waals surface area contributed by atoms with Crippen molar-refractivity contribution in [2.24, 2.45) is 0 Å². The van der Waals surface area contributed by atoms with Gasteiger partial charge in [0.05, 0.1) is 17.4 Å². The average molecular weight is 242 g/mol. The Hall–Kier alpha value is -1.45. The van der Waals surface area contributed by atoms with Crippen LogP contribution in [0, 0.1) is 17.1 Å². The average Bonchev–Trinajstić information content (AvgIpc) is 2.27. The molecule has 1 N–H and O–H groups in total. The number of hydrogen-bond acceptors (Lipinski definition) is 3. The van der Waals surface area contributed by atoms with E-state index in [1.54, 1.807) is 6.07 Å². The van der Waals surface area contributed by atoms with Gasteiger partial charge in [-0.2, -0.15) is 5.26 Å². The first-order valence-corrected chi connectivity index (χ1v) is 6.29. The summed E-state index contributed by atoms with van der Waals surface area (Å²) < 4.78 is 37.8. The Balaban J connectivity index is 2.81. The van der Waals surface area contributed by atoms with E-state index < -0.39 is 15.8 Å². The Morgan fingerprint density at radius 2 is 2.19 bits per heavy atom. The largest absolute Gasteiger partial charge is 0.212 e. The van der Waals surface area contributed by atoms with Crippen molar-refractivity contribution in [1.29, 1.82) is 5.26 Å². The van der Waals surface area contributed by atoms with Gasteiger partial charge in [0.2, 0.25) is 10.0 Å². The molecule has 0 aromatic heterocycles. The van der Waals surface area contributed by atoms with Gasteiger partial charge in [-0.25, -0.2) is 17.5 Å². The molecule has 0 spiro atoms. The molecule has 0 bridgehead atoms. The quantitative estimate of drug-likeness (QED) is 0.860. The number of halogens is 1. The van der Waals surface area contributed by atoms with E-state index in [0.717, 1.165) is 6.07 Å². The highest BCUT2D eigenvalue weighted by atomic mass is 32.2. The molecule has 1 rings (SSSR count). The van der Waals surface area contributed by atoms with Gasteiger partial charge in [0.15, 0.2) is 0 Å². The molecule has 1 aromatic rings. The lowest BCUT2D eigenvalue weighted by molar-refractivity contribution is 0.575. The molecule has 0 amide bonds. The first-order valence-electron chi connectivity index (χ1n) is 4.64. The van der Waals surface area contributed by atoms with Gasteiger partial charge >= 0.3 is 0 Å². The molecule has 0 fully saturated rings. The first-order chi connectivity index (χ1) is 7.48. The van der Waals surface area contributed by atoms with E-state index in [-0.39, 0.29) is 23.4 Å². The summed E-state index contributed by atoms with van der Waals surface area (Å²) in [4.78, 5) is 0. The molecule has 0 aliphatic rings. The second kappa shape index (κ2) is 5.05. The predicted octanol–water partition coefficient (Wildman–Crippen LogP) is 1.14. The van der Waals surface area contributed by atoms with Gasteiger partial charge in [-0.15, -0.1) is 0 Å². The third-order valence-corrected chi connectivity index (χ3v) is 3.39. The molecule has 16 heavy (non-hydrogen) atoms. The van der Waals surface area contributed by atoms with Crippen LogP contribution in [0.5, 0.6) is 0 Å². The van der Waals surface area contributed by atoms with Gasteiger partial charge in [-0.1, -0.05) is 6.07 Å². The zero-order valence-corrected chi connectivity index (χ0v) is 9.51. The van der Waals surface area contributed by atoms with Crippen LogP contribution in [-0.4, -0.2) is 14.2 Å². The second-order valence-corrected chi connectivity index (χ2v) is 5.24. The van der Waals surface area contributed by atoms with E-state index in [1.807, 2.05) is 0 Å². The normalized spacial score (nSPS) is 11.1. The maximum atomic E-state index is 13.3. The fourth-order valence-corrected chi connectivity index (χ4v) is 1.63. The summed E-state index contributed by atoms with van der Waals surface area (Å²) >= 11 is 0. The second-order valence-electron chi connectivity index (χ2n) is 3.14. The highest BCUT2D eigenvalue weighted by Gasteiger charge is 2.09. The molecule has 0 saturated carbocycles. The summed E-state index contributed by atoms with van der Waals surface area (Å²) in [5.74, 6) is -0.636. The minimum absolute atomic E-state index is 0.0507. The molecule has 0 heterocycles. The zero-order valence-electron chi connectivity index (χ0n) is 8.70. The van der Waals surface area contributed by atoms with Crippen molar-refractivity contribution >= 4 is 10.0 Å². The lowest BCUT2D eigenvalue weighted by atomic mass is 10.1. The lowest BCUT2D eigenvalue weighted by Crippen LogP contribution is -2.25. The van der Waals surface area contributed by atoms with Crippen LogP contribution >= 0.6 is 0 Å². The van der Waals surface area contributed by atoms with Crippen molar-refractivity contribution in [2.75, 3.05) is 5.75 Å². The third kappa shape index (κ3) is 3.29. The van der Waals surface area contributed by atoms with Crippen LogP contribution in [0.1, 0.15) is 18.1 Å². The van der Waals surface area contributed by atoms with Gasteiger partial charge in [0.25, 0.3) is 0 Å². The lowest BCUT2D eigenvalue weighted by Gasteiger charge is -2.05. The maximum Gasteiger partial charge on any atom is 0.211 e. The Labute approximate surface area is 93.8 Å². The highest BCUT2D eigenvalue weighted by molar-refractivity contribution is 7.89. The fourth-order valence-electron chi connectivity index (χ4n) is 1.05. The molecule has 0 saturated heterocycles. The van der Waals surface area contributed by atoms with Crippen molar-refractivity contribution < 1.29 is 12.8 Å². The number of nitrogens with one attached hydrogen (secondary N) is 1. The smallest absolute Gasteiger partial charge is 0.211 e. The Bertz CT molecular complexity index is 520. The van der Waals surface area contributed by atoms with Crippen molar-refractivity contribution in [1.82, 2.24) is 4.72 Å². The Kier molecular flexibility index (Phi) is 3.99. The van der Waals surface area contributed by atoms with Crippen molar-refractivity contribution in [2.45, 2.75) is 13.5 Å². The van der Waals surface area contributed by atoms with E-state index >= 15 is 0 Å². The molecule has 0 radical (unpaired) electrons. The molecule has 0 unspecified atom stereocenters. The summed E-state index contributed by atoms with van der Waals surface area (Å²) in [6.07, 6.45) is 0. The van der Waals surface area contributed by atoms with Crippen LogP contribution in [0.4, 0.5) is 4.39 Å². The summed E-state index contributed by atoms with van der Waals surface area (Å²) in [7, 11) is -3.33.